The molecule has 0 bridgehead atoms. The van der Waals surface area contributed by atoms with Gasteiger partial charge in [0.25, 0.3) is 5.56 Å². The Bertz CT molecular complexity index is 510. The smallest absolute Gasteiger partial charge is 0.293 e. The van der Waals surface area contributed by atoms with E-state index in [9.17, 15) is 9.59 Å². The first-order valence-corrected chi connectivity index (χ1v) is 5.08. The van der Waals surface area contributed by atoms with Crippen molar-refractivity contribution >= 4 is 0 Å². The summed E-state index contributed by atoms with van der Waals surface area (Å²) in [4.78, 5) is 25.1. The minimum atomic E-state index is -0.325. The topological polar surface area (TPSA) is 54.9 Å². The van der Waals surface area contributed by atoms with Crippen molar-refractivity contribution in [2.45, 2.75) is 26.3 Å². The molecule has 2 atom stereocenters. The predicted molar refractivity (Wildman–Crippen MR) is 58.0 cm³/mol. The van der Waals surface area contributed by atoms with Crippen molar-refractivity contribution in [2.75, 3.05) is 0 Å². The van der Waals surface area contributed by atoms with E-state index in [-0.39, 0.29) is 17.3 Å². The van der Waals surface area contributed by atoms with E-state index in [1.54, 1.807) is 17.7 Å². The van der Waals surface area contributed by atoms with Gasteiger partial charge in [-0.25, -0.2) is 4.79 Å². The highest BCUT2D eigenvalue weighted by molar-refractivity contribution is 5.08. The summed E-state index contributed by atoms with van der Waals surface area (Å²) in [7, 11) is 0. The molecule has 0 aliphatic heterocycles. The van der Waals surface area contributed by atoms with Gasteiger partial charge in [-0.2, -0.15) is 0 Å². The molecule has 1 heterocycles. The van der Waals surface area contributed by atoms with E-state index in [2.05, 4.69) is 18.0 Å². The zero-order valence-corrected chi connectivity index (χ0v) is 8.86. The molecule has 4 heteroatoms. The lowest BCUT2D eigenvalue weighted by atomic mass is 10.1. The van der Waals surface area contributed by atoms with Crippen molar-refractivity contribution in [1.82, 2.24) is 9.55 Å². The maximum Gasteiger partial charge on any atom is 0.328 e. The Morgan fingerprint density at radius 3 is 2.80 bits per heavy atom. The molecule has 1 aromatic heterocycles. The van der Waals surface area contributed by atoms with Crippen LogP contribution in [0.5, 0.6) is 0 Å². The Morgan fingerprint density at radius 2 is 2.20 bits per heavy atom. The summed E-state index contributed by atoms with van der Waals surface area (Å²) in [6.45, 7) is 3.80. The molecule has 0 amide bonds. The van der Waals surface area contributed by atoms with E-state index >= 15 is 0 Å². The third-order valence-corrected chi connectivity index (χ3v) is 2.89. The zero-order valence-electron chi connectivity index (χ0n) is 8.86. The van der Waals surface area contributed by atoms with Crippen molar-refractivity contribution in [3.8, 4) is 0 Å². The average molecular weight is 206 g/mol. The summed E-state index contributed by atoms with van der Waals surface area (Å²) in [5.74, 6) is 0.410. The molecule has 0 radical (unpaired) electrons. The molecule has 0 saturated carbocycles. The second-order valence-corrected chi connectivity index (χ2v) is 4.11. The lowest BCUT2D eigenvalue weighted by Crippen LogP contribution is -2.33. The first-order chi connectivity index (χ1) is 7.09. The van der Waals surface area contributed by atoms with Gasteiger partial charge in [0.15, 0.2) is 0 Å². The summed E-state index contributed by atoms with van der Waals surface area (Å²) in [6.07, 6.45) is 6.71. The van der Waals surface area contributed by atoms with Gasteiger partial charge in [0, 0.05) is 11.8 Å². The van der Waals surface area contributed by atoms with E-state index in [1.165, 1.54) is 0 Å². The molecule has 0 saturated heterocycles. The number of aryl methyl sites for hydroxylation is 1. The molecule has 2 rings (SSSR count). The summed E-state index contributed by atoms with van der Waals surface area (Å²) < 4.78 is 1.60. The number of aromatic amines is 1. The van der Waals surface area contributed by atoms with Gasteiger partial charge >= 0.3 is 5.69 Å². The molecule has 1 aromatic rings. The molecule has 0 aromatic carbocycles. The van der Waals surface area contributed by atoms with Crippen LogP contribution in [-0.2, 0) is 0 Å². The van der Waals surface area contributed by atoms with Gasteiger partial charge in [-0.1, -0.05) is 19.1 Å². The highest BCUT2D eigenvalue weighted by Gasteiger charge is 2.21. The number of aromatic nitrogens is 2. The molecule has 15 heavy (non-hydrogen) atoms. The van der Waals surface area contributed by atoms with Crippen LogP contribution in [0.15, 0.2) is 27.9 Å². The molecular formula is C11H14N2O2. The fraction of sp³-hybridized carbons (Fsp3) is 0.455. The highest BCUT2D eigenvalue weighted by atomic mass is 16.2. The van der Waals surface area contributed by atoms with Gasteiger partial charge in [0.1, 0.15) is 0 Å². The van der Waals surface area contributed by atoms with Crippen LogP contribution < -0.4 is 11.2 Å². The number of nitrogens with zero attached hydrogens (tertiary/aromatic N) is 1. The van der Waals surface area contributed by atoms with Gasteiger partial charge in [-0.05, 0) is 19.3 Å². The molecule has 4 nitrogen and oxygen atoms in total. The fourth-order valence-electron chi connectivity index (χ4n) is 1.94. The molecule has 0 spiro atoms. The number of hydrogen-bond donors (Lipinski definition) is 1. The number of nitrogens with one attached hydrogen (secondary N) is 1. The van der Waals surface area contributed by atoms with Crippen LogP contribution in [0.3, 0.4) is 0 Å². The molecule has 1 aliphatic rings. The molecule has 1 N–H and O–H groups in total. The molecule has 0 fully saturated rings. The van der Waals surface area contributed by atoms with E-state index in [0.717, 1.165) is 6.42 Å². The van der Waals surface area contributed by atoms with Crippen LogP contribution in [0.2, 0.25) is 0 Å². The quantitative estimate of drug-likeness (QED) is 0.696. The van der Waals surface area contributed by atoms with E-state index in [4.69, 9.17) is 0 Å². The lowest BCUT2D eigenvalue weighted by molar-refractivity contribution is 0.430. The Balaban J connectivity index is 2.53. The highest BCUT2D eigenvalue weighted by Crippen LogP contribution is 2.27. The first kappa shape index (κ1) is 9.96. The maximum atomic E-state index is 11.6. The Morgan fingerprint density at radius 1 is 1.47 bits per heavy atom. The van der Waals surface area contributed by atoms with Gasteiger partial charge in [-0.3, -0.25) is 14.3 Å². The largest absolute Gasteiger partial charge is 0.328 e. The van der Waals surface area contributed by atoms with Crippen LogP contribution in [0.1, 0.15) is 24.9 Å². The zero-order chi connectivity index (χ0) is 11.0. The van der Waals surface area contributed by atoms with Crippen molar-refractivity contribution in [3.63, 3.8) is 0 Å². The SMILES string of the molecule is Cc1cn(C2C=CCC2C)c(=O)[nH]c1=O. The van der Waals surface area contributed by atoms with E-state index in [0.29, 0.717) is 11.5 Å². The summed E-state index contributed by atoms with van der Waals surface area (Å²) in [5.41, 5.74) is -0.0537. The number of rotatable bonds is 1. The number of H-pyrrole nitrogens is 1. The van der Waals surface area contributed by atoms with Crippen molar-refractivity contribution in [2.24, 2.45) is 5.92 Å². The number of hydrogen-bond acceptors (Lipinski definition) is 2. The Kier molecular flexibility index (Phi) is 2.34. The van der Waals surface area contributed by atoms with Gasteiger partial charge in [-0.15, -0.1) is 0 Å². The molecule has 1 aliphatic carbocycles. The predicted octanol–water partition coefficient (Wildman–Crippen LogP) is 0.982. The number of allylic oxidation sites excluding steroid dienone is 2. The Labute approximate surface area is 87.3 Å². The molecule has 80 valence electrons. The van der Waals surface area contributed by atoms with Crippen LogP contribution >= 0.6 is 0 Å². The second kappa shape index (κ2) is 3.53. The van der Waals surface area contributed by atoms with E-state index < -0.39 is 0 Å². The minimum Gasteiger partial charge on any atom is -0.293 e. The average Bonchev–Trinajstić information content (AvgIpc) is 2.58. The van der Waals surface area contributed by atoms with Crippen molar-refractivity contribution in [1.29, 1.82) is 0 Å². The summed E-state index contributed by atoms with van der Waals surface area (Å²) in [6, 6.07) is 0.0769. The standard InChI is InChI=1S/C11H14N2O2/c1-7-4-3-5-9(7)13-6-8(2)10(14)12-11(13)15/h3,5-7,9H,4H2,1-2H3,(H,12,14,15). The first-order valence-electron chi connectivity index (χ1n) is 5.08. The van der Waals surface area contributed by atoms with Crippen LogP contribution in [0.4, 0.5) is 0 Å². The van der Waals surface area contributed by atoms with Crippen LogP contribution in [0.25, 0.3) is 0 Å². The fourth-order valence-corrected chi connectivity index (χ4v) is 1.94. The minimum absolute atomic E-state index is 0.0769. The third-order valence-electron chi connectivity index (χ3n) is 2.89. The summed E-state index contributed by atoms with van der Waals surface area (Å²) >= 11 is 0. The Hall–Kier alpha value is -1.58. The lowest BCUT2D eigenvalue weighted by Gasteiger charge is -2.17. The van der Waals surface area contributed by atoms with Gasteiger partial charge < -0.3 is 0 Å². The molecular weight excluding hydrogens is 192 g/mol. The normalized spacial score (nSPS) is 24.7. The van der Waals surface area contributed by atoms with Crippen LogP contribution in [-0.4, -0.2) is 9.55 Å². The van der Waals surface area contributed by atoms with E-state index in [1.807, 2.05) is 6.08 Å². The molecule has 2 unspecified atom stereocenters. The van der Waals surface area contributed by atoms with Crippen molar-refractivity contribution in [3.05, 3.63) is 44.8 Å². The van der Waals surface area contributed by atoms with Crippen LogP contribution in [0, 0.1) is 12.8 Å². The second-order valence-electron chi connectivity index (χ2n) is 4.11. The summed E-state index contributed by atoms with van der Waals surface area (Å²) in [5, 5.41) is 0. The van der Waals surface area contributed by atoms with Gasteiger partial charge in [0.05, 0.1) is 6.04 Å². The third kappa shape index (κ3) is 1.67. The van der Waals surface area contributed by atoms with Gasteiger partial charge in [0.2, 0.25) is 0 Å². The maximum absolute atomic E-state index is 11.6. The van der Waals surface area contributed by atoms with Crippen molar-refractivity contribution < 1.29 is 0 Å². The monoisotopic (exact) mass is 206 g/mol.